The van der Waals surface area contributed by atoms with E-state index in [1.54, 1.807) is 18.2 Å². The number of furan rings is 1. The lowest BCUT2D eigenvalue weighted by atomic mass is 10.2. The van der Waals surface area contributed by atoms with Gasteiger partial charge in [0.1, 0.15) is 11.3 Å². The average molecular weight is 403 g/mol. The largest absolute Gasteiger partial charge is 0.465 e. The highest BCUT2D eigenvalue weighted by molar-refractivity contribution is 7.80. The zero-order valence-electron chi connectivity index (χ0n) is 15.5. The second-order valence-electron chi connectivity index (χ2n) is 6.36. The number of carbonyl (C=O) groups excluding carboxylic acids is 1. The van der Waals surface area contributed by atoms with Crippen LogP contribution in [0.5, 0.6) is 0 Å². The zero-order valence-corrected chi connectivity index (χ0v) is 16.3. The number of oxazole rings is 1. The standard InChI is InChI=1S/C22H17N3O3S/c1-14-4-10-19-18(13-14)24-21(28-19)15-5-7-16(8-6-15)23-22(29)25-20(26)11-9-17-3-2-12-27-17/h2-13H,1H3,(H2,23,25,26,29)/b11-9+. The Balaban J connectivity index is 1.38. The van der Waals surface area contributed by atoms with Gasteiger partial charge in [-0.15, -0.1) is 0 Å². The summed E-state index contributed by atoms with van der Waals surface area (Å²) in [6, 6.07) is 16.8. The van der Waals surface area contributed by atoms with E-state index in [1.165, 1.54) is 12.3 Å². The van der Waals surface area contributed by atoms with E-state index in [4.69, 9.17) is 21.1 Å². The van der Waals surface area contributed by atoms with Crippen molar-refractivity contribution in [3.8, 4) is 11.5 Å². The van der Waals surface area contributed by atoms with Gasteiger partial charge >= 0.3 is 0 Å². The lowest BCUT2D eigenvalue weighted by Gasteiger charge is -2.08. The van der Waals surface area contributed by atoms with Gasteiger partial charge in [-0.05, 0) is 79.3 Å². The van der Waals surface area contributed by atoms with E-state index in [0.29, 0.717) is 11.7 Å². The Morgan fingerprint density at radius 2 is 1.97 bits per heavy atom. The highest BCUT2D eigenvalue weighted by atomic mass is 32.1. The van der Waals surface area contributed by atoms with Gasteiger partial charge in [-0.2, -0.15) is 0 Å². The molecule has 0 saturated carbocycles. The van der Waals surface area contributed by atoms with E-state index in [-0.39, 0.29) is 11.0 Å². The van der Waals surface area contributed by atoms with Gasteiger partial charge in [0, 0.05) is 17.3 Å². The van der Waals surface area contributed by atoms with Crippen LogP contribution in [0.25, 0.3) is 28.6 Å². The molecule has 6 nitrogen and oxygen atoms in total. The van der Waals surface area contributed by atoms with Crippen molar-refractivity contribution in [3.63, 3.8) is 0 Å². The van der Waals surface area contributed by atoms with E-state index in [9.17, 15) is 4.79 Å². The third kappa shape index (κ3) is 4.59. The van der Waals surface area contributed by atoms with Gasteiger partial charge < -0.3 is 14.2 Å². The fourth-order valence-electron chi connectivity index (χ4n) is 2.72. The van der Waals surface area contributed by atoms with E-state index in [0.717, 1.165) is 27.9 Å². The molecule has 0 aliphatic heterocycles. The Labute approximate surface area is 172 Å². The molecule has 1 amide bonds. The van der Waals surface area contributed by atoms with Gasteiger partial charge in [0.05, 0.1) is 6.26 Å². The van der Waals surface area contributed by atoms with Crippen LogP contribution in [-0.2, 0) is 4.79 Å². The number of aromatic nitrogens is 1. The molecule has 7 heteroatoms. The number of amides is 1. The first-order valence-corrected chi connectivity index (χ1v) is 9.29. The lowest BCUT2D eigenvalue weighted by molar-refractivity contribution is -0.115. The minimum Gasteiger partial charge on any atom is -0.465 e. The van der Waals surface area contributed by atoms with Gasteiger partial charge in [0.25, 0.3) is 0 Å². The number of benzene rings is 2. The number of nitrogens with one attached hydrogen (secondary N) is 2. The van der Waals surface area contributed by atoms with Crippen molar-refractivity contribution in [2.45, 2.75) is 6.92 Å². The number of fused-ring (bicyclic) bond motifs is 1. The molecule has 0 unspecified atom stereocenters. The fourth-order valence-corrected chi connectivity index (χ4v) is 2.94. The van der Waals surface area contributed by atoms with Crippen LogP contribution in [0, 0.1) is 6.92 Å². The summed E-state index contributed by atoms with van der Waals surface area (Å²) in [5.74, 6) is 0.789. The maximum atomic E-state index is 11.9. The van der Waals surface area contributed by atoms with Crippen molar-refractivity contribution >= 4 is 46.1 Å². The molecule has 29 heavy (non-hydrogen) atoms. The number of aryl methyl sites for hydroxylation is 1. The molecule has 4 rings (SSSR count). The molecule has 0 aliphatic rings. The molecular formula is C22H17N3O3S. The van der Waals surface area contributed by atoms with Gasteiger partial charge in [0.2, 0.25) is 11.8 Å². The highest BCUT2D eigenvalue weighted by Crippen LogP contribution is 2.25. The molecule has 0 aliphatic carbocycles. The molecule has 0 spiro atoms. The topological polar surface area (TPSA) is 80.3 Å². The number of anilines is 1. The molecule has 0 fully saturated rings. The van der Waals surface area contributed by atoms with Gasteiger partial charge in [-0.3, -0.25) is 10.1 Å². The molecule has 0 atom stereocenters. The van der Waals surface area contributed by atoms with Crippen molar-refractivity contribution in [1.29, 1.82) is 0 Å². The summed E-state index contributed by atoms with van der Waals surface area (Å²) >= 11 is 5.18. The summed E-state index contributed by atoms with van der Waals surface area (Å²) in [6.07, 6.45) is 4.45. The van der Waals surface area contributed by atoms with E-state index >= 15 is 0 Å². The second-order valence-corrected chi connectivity index (χ2v) is 6.77. The SMILES string of the molecule is Cc1ccc2oc(-c3ccc(NC(=S)NC(=O)/C=C/c4ccco4)cc3)nc2c1. The summed E-state index contributed by atoms with van der Waals surface area (Å²) in [5, 5.41) is 5.75. The predicted octanol–water partition coefficient (Wildman–Crippen LogP) is 4.92. The van der Waals surface area contributed by atoms with E-state index < -0.39 is 0 Å². The fraction of sp³-hybridized carbons (Fsp3) is 0.0455. The molecule has 0 bridgehead atoms. The quantitative estimate of drug-likeness (QED) is 0.372. The predicted molar refractivity (Wildman–Crippen MR) is 116 cm³/mol. The van der Waals surface area contributed by atoms with Crippen molar-refractivity contribution in [2.75, 3.05) is 5.32 Å². The van der Waals surface area contributed by atoms with Crippen LogP contribution in [0.2, 0.25) is 0 Å². The normalized spacial score (nSPS) is 11.1. The number of nitrogens with zero attached hydrogens (tertiary/aromatic N) is 1. The highest BCUT2D eigenvalue weighted by Gasteiger charge is 2.09. The molecule has 0 saturated heterocycles. The number of hydrogen-bond donors (Lipinski definition) is 2. The van der Waals surface area contributed by atoms with E-state index in [2.05, 4.69) is 15.6 Å². The van der Waals surface area contributed by atoms with Gasteiger partial charge in [-0.1, -0.05) is 6.07 Å². The molecule has 4 aromatic rings. The van der Waals surface area contributed by atoms with E-state index in [1.807, 2.05) is 49.4 Å². The Morgan fingerprint density at radius 3 is 2.72 bits per heavy atom. The van der Waals surface area contributed by atoms with Crippen LogP contribution in [0.3, 0.4) is 0 Å². The summed E-state index contributed by atoms with van der Waals surface area (Å²) in [5.41, 5.74) is 4.29. The van der Waals surface area contributed by atoms with Crippen LogP contribution in [0.1, 0.15) is 11.3 Å². The first kappa shape index (κ1) is 18.6. The molecule has 2 aromatic carbocycles. The van der Waals surface area contributed by atoms with Crippen molar-refractivity contribution in [1.82, 2.24) is 10.3 Å². The second kappa shape index (κ2) is 8.12. The Hall–Kier alpha value is -3.71. The molecule has 2 N–H and O–H groups in total. The number of rotatable bonds is 4. The van der Waals surface area contributed by atoms with Crippen molar-refractivity contribution in [2.24, 2.45) is 0 Å². The summed E-state index contributed by atoms with van der Waals surface area (Å²) in [7, 11) is 0. The zero-order chi connectivity index (χ0) is 20.2. The smallest absolute Gasteiger partial charge is 0.250 e. The van der Waals surface area contributed by atoms with Crippen LogP contribution < -0.4 is 10.6 Å². The Kier molecular flexibility index (Phi) is 5.22. The minimum atomic E-state index is -0.350. The lowest BCUT2D eigenvalue weighted by Crippen LogP contribution is -2.32. The van der Waals surface area contributed by atoms with Crippen LogP contribution in [0.4, 0.5) is 5.69 Å². The van der Waals surface area contributed by atoms with Crippen molar-refractivity contribution < 1.29 is 13.6 Å². The summed E-state index contributed by atoms with van der Waals surface area (Å²) in [4.78, 5) is 16.4. The third-order valence-electron chi connectivity index (χ3n) is 4.11. The minimum absolute atomic E-state index is 0.198. The number of hydrogen-bond acceptors (Lipinski definition) is 5. The maximum absolute atomic E-state index is 11.9. The summed E-state index contributed by atoms with van der Waals surface area (Å²) < 4.78 is 10.9. The number of carbonyl (C=O) groups is 1. The van der Waals surface area contributed by atoms with Crippen LogP contribution in [0.15, 0.2) is 75.8 Å². The van der Waals surface area contributed by atoms with Crippen LogP contribution in [-0.4, -0.2) is 16.0 Å². The van der Waals surface area contributed by atoms with Gasteiger partial charge in [-0.25, -0.2) is 4.98 Å². The first-order valence-electron chi connectivity index (χ1n) is 8.88. The maximum Gasteiger partial charge on any atom is 0.250 e. The summed E-state index contributed by atoms with van der Waals surface area (Å²) in [6.45, 7) is 2.02. The van der Waals surface area contributed by atoms with Crippen LogP contribution >= 0.6 is 12.2 Å². The molecule has 144 valence electrons. The Morgan fingerprint density at radius 1 is 1.14 bits per heavy atom. The number of thiocarbonyl (C=S) groups is 1. The van der Waals surface area contributed by atoms with Crippen molar-refractivity contribution in [3.05, 3.63) is 78.3 Å². The average Bonchev–Trinajstić information content (AvgIpc) is 3.36. The first-order chi connectivity index (χ1) is 14.1. The third-order valence-corrected chi connectivity index (χ3v) is 4.32. The molecule has 0 radical (unpaired) electrons. The van der Waals surface area contributed by atoms with Gasteiger partial charge in [0.15, 0.2) is 10.7 Å². The molecule has 2 aromatic heterocycles. The molecule has 2 heterocycles. The monoisotopic (exact) mass is 403 g/mol. The Bertz CT molecular complexity index is 1190. The molecular weight excluding hydrogens is 386 g/mol.